The molecular formula is C15H22O3. The number of phenols is 1. The van der Waals surface area contributed by atoms with Crippen molar-refractivity contribution in [3.05, 3.63) is 29.8 Å². The molecule has 1 aromatic rings. The fraction of sp³-hybridized carbons (Fsp3) is 0.533. The highest BCUT2D eigenvalue weighted by molar-refractivity contribution is 5.70. The molecule has 3 nitrogen and oxygen atoms in total. The minimum Gasteiger partial charge on any atom is -0.508 e. The molecule has 0 aliphatic heterocycles. The molecule has 0 aromatic heterocycles. The summed E-state index contributed by atoms with van der Waals surface area (Å²) < 4.78 is 0. The molecule has 0 aliphatic rings. The number of rotatable bonds is 8. The van der Waals surface area contributed by atoms with Crippen LogP contribution in [0.3, 0.4) is 0 Å². The van der Waals surface area contributed by atoms with E-state index in [0.29, 0.717) is 6.42 Å². The lowest BCUT2D eigenvalue weighted by molar-refractivity contribution is -0.142. The number of hydrogen-bond acceptors (Lipinski definition) is 2. The molecule has 1 aromatic carbocycles. The van der Waals surface area contributed by atoms with E-state index < -0.39 is 5.97 Å². The highest BCUT2D eigenvalue weighted by Gasteiger charge is 2.17. The van der Waals surface area contributed by atoms with E-state index >= 15 is 0 Å². The van der Waals surface area contributed by atoms with Crippen LogP contribution in [0.4, 0.5) is 0 Å². The lowest BCUT2D eigenvalue weighted by Gasteiger charge is -2.12. The van der Waals surface area contributed by atoms with Crippen LogP contribution < -0.4 is 0 Å². The van der Waals surface area contributed by atoms with Crippen LogP contribution in [-0.2, 0) is 11.2 Å². The second kappa shape index (κ2) is 7.75. The van der Waals surface area contributed by atoms with Crippen LogP contribution in [0.1, 0.15) is 44.6 Å². The first-order valence-corrected chi connectivity index (χ1v) is 6.64. The number of benzene rings is 1. The predicted molar refractivity (Wildman–Crippen MR) is 71.7 cm³/mol. The number of hydrogen-bond donors (Lipinski definition) is 2. The minimum atomic E-state index is -0.723. The topological polar surface area (TPSA) is 57.5 Å². The van der Waals surface area contributed by atoms with Gasteiger partial charge in [0.25, 0.3) is 0 Å². The third-order valence-corrected chi connectivity index (χ3v) is 3.17. The maximum absolute atomic E-state index is 11.2. The summed E-state index contributed by atoms with van der Waals surface area (Å²) >= 11 is 0. The van der Waals surface area contributed by atoms with Gasteiger partial charge in [-0.05, 0) is 30.5 Å². The average Bonchev–Trinajstić information content (AvgIpc) is 2.35. The molecule has 0 aliphatic carbocycles. The van der Waals surface area contributed by atoms with Gasteiger partial charge in [-0.25, -0.2) is 0 Å². The molecule has 0 bridgehead atoms. The van der Waals surface area contributed by atoms with Crippen molar-refractivity contribution in [3.8, 4) is 5.75 Å². The minimum absolute atomic E-state index is 0.216. The van der Waals surface area contributed by atoms with Gasteiger partial charge in [0.05, 0.1) is 5.92 Å². The first-order chi connectivity index (χ1) is 8.63. The summed E-state index contributed by atoms with van der Waals surface area (Å²) in [6, 6.07) is 6.78. The van der Waals surface area contributed by atoms with Gasteiger partial charge in [0, 0.05) is 0 Å². The number of carboxylic acids is 1. The van der Waals surface area contributed by atoms with Gasteiger partial charge in [0.15, 0.2) is 0 Å². The molecule has 0 spiro atoms. The Morgan fingerprint density at radius 1 is 1.17 bits per heavy atom. The van der Waals surface area contributed by atoms with Gasteiger partial charge in [-0.1, -0.05) is 44.7 Å². The number of unbranched alkanes of at least 4 members (excludes halogenated alkanes) is 3. The summed E-state index contributed by atoms with van der Waals surface area (Å²) in [6.45, 7) is 2.14. The summed E-state index contributed by atoms with van der Waals surface area (Å²) in [5, 5.41) is 18.4. The molecule has 1 unspecified atom stereocenters. The highest BCUT2D eigenvalue weighted by Crippen LogP contribution is 2.18. The smallest absolute Gasteiger partial charge is 0.306 e. The van der Waals surface area contributed by atoms with E-state index in [4.69, 9.17) is 0 Å². The van der Waals surface area contributed by atoms with Crippen LogP contribution in [0.15, 0.2) is 24.3 Å². The lowest BCUT2D eigenvalue weighted by atomic mass is 9.93. The average molecular weight is 250 g/mol. The number of carboxylic acid groups (broad SMARTS) is 1. The Morgan fingerprint density at radius 3 is 2.39 bits per heavy atom. The summed E-state index contributed by atoms with van der Waals surface area (Å²) in [6.07, 6.45) is 5.69. The SMILES string of the molecule is CCCCCCC(Cc1ccc(O)cc1)C(=O)O. The number of aliphatic carboxylic acids is 1. The quantitative estimate of drug-likeness (QED) is 0.693. The second-order valence-corrected chi connectivity index (χ2v) is 4.76. The van der Waals surface area contributed by atoms with E-state index in [1.165, 1.54) is 6.42 Å². The van der Waals surface area contributed by atoms with E-state index in [1.807, 2.05) is 0 Å². The molecule has 0 saturated carbocycles. The van der Waals surface area contributed by atoms with Crippen molar-refractivity contribution in [2.24, 2.45) is 5.92 Å². The molecule has 0 saturated heterocycles. The molecule has 0 heterocycles. The Kier molecular flexibility index (Phi) is 6.26. The van der Waals surface area contributed by atoms with Crippen LogP contribution in [-0.4, -0.2) is 16.2 Å². The Labute approximate surface area is 108 Å². The first-order valence-electron chi connectivity index (χ1n) is 6.64. The maximum Gasteiger partial charge on any atom is 0.306 e. The van der Waals surface area contributed by atoms with Crippen molar-refractivity contribution in [1.82, 2.24) is 0 Å². The fourth-order valence-electron chi connectivity index (χ4n) is 2.05. The molecule has 18 heavy (non-hydrogen) atoms. The molecular weight excluding hydrogens is 228 g/mol. The fourth-order valence-corrected chi connectivity index (χ4v) is 2.05. The van der Waals surface area contributed by atoms with Gasteiger partial charge >= 0.3 is 5.97 Å². The Balaban J connectivity index is 2.47. The zero-order valence-electron chi connectivity index (χ0n) is 10.9. The van der Waals surface area contributed by atoms with Crippen LogP contribution in [0, 0.1) is 5.92 Å². The van der Waals surface area contributed by atoms with Crippen LogP contribution in [0.25, 0.3) is 0 Å². The predicted octanol–water partition coefficient (Wildman–Crippen LogP) is 3.61. The summed E-state index contributed by atoms with van der Waals surface area (Å²) in [7, 11) is 0. The van der Waals surface area contributed by atoms with Crippen molar-refractivity contribution < 1.29 is 15.0 Å². The monoisotopic (exact) mass is 250 g/mol. The van der Waals surface area contributed by atoms with Crippen LogP contribution in [0.5, 0.6) is 5.75 Å². The molecule has 1 atom stereocenters. The molecule has 0 radical (unpaired) electrons. The molecule has 3 heteroatoms. The van der Waals surface area contributed by atoms with Gasteiger partial charge in [-0.3, -0.25) is 4.79 Å². The molecule has 1 rings (SSSR count). The van der Waals surface area contributed by atoms with Gasteiger partial charge in [-0.2, -0.15) is 0 Å². The van der Waals surface area contributed by atoms with Crippen molar-refractivity contribution in [1.29, 1.82) is 0 Å². The van der Waals surface area contributed by atoms with Gasteiger partial charge in [-0.15, -0.1) is 0 Å². The van der Waals surface area contributed by atoms with Crippen molar-refractivity contribution in [2.45, 2.75) is 45.4 Å². The normalized spacial score (nSPS) is 12.3. The van der Waals surface area contributed by atoms with E-state index in [2.05, 4.69) is 6.92 Å². The summed E-state index contributed by atoms with van der Waals surface area (Å²) in [5.74, 6) is -0.820. The number of phenolic OH excluding ortho intramolecular Hbond substituents is 1. The Morgan fingerprint density at radius 2 is 1.83 bits per heavy atom. The van der Waals surface area contributed by atoms with E-state index in [-0.39, 0.29) is 11.7 Å². The summed E-state index contributed by atoms with van der Waals surface area (Å²) in [5.41, 5.74) is 0.968. The lowest BCUT2D eigenvalue weighted by Crippen LogP contribution is -2.16. The Hall–Kier alpha value is -1.51. The van der Waals surface area contributed by atoms with Gasteiger partial charge in [0.2, 0.25) is 0 Å². The standard InChI is InChI=1S/C15H22O3/c1-2-3-4-5-6-13(15(17)18)11-12-7-9-14(16)10-8-12/h7-10,13,16H,2-6,11H2,1H3,(H,17,18). The zero-order chi connectivity index (χ0) is 13.4. The van der Waals surface area contributed by atoms with Gasteiger partial charge < -0.3 is 10.2 Å². The van der Waals surface area contributed by atoms with Crippen LogP contribution >= 0.6 is 0 Å². The van der Waals surface area contributed by atoms with E-state index in [9.17, 15) is 15.0 Å². The van der Waals surface area contributed by atoms with Crippen molar-refractivity contribution >= 4 is 5.97 Å². The third kappa shape index (κ3) is 5.21. The molecule has 100 valence electrons. The highest BCUT2D eigenvalue weighted by atomic mass is 16.4. The van der Waals surface area contributed by atoms with Crippen LogP contribution in [0.2, 0.25) is 0 Å². The Bertz CT molecular complexity index is 357. The zero-order valence-corrected chi connectivity index (χ0v) is 10.9. The second-order valence-electron chi connectivity index (χ2n) is 4.76. The first kappa shape index (κ1) is 14.6. The molecule has 2 N–H and O–H groups in total. The van der Waals surface area contributed by atoms with E-state index in [1.54, 1.807) is 24.3 Å². The number of carbonyl (C=O) groups is 1. The summed E-state index contributed by atoms with van der Waals surface area (Å²) in [4.78, 5) is 11.2. The molecule has 0 fully saturated rings. The van der Waals surface area contributed by atoms with Crippen molar-refractivity contribution in [2.75, 3.05) is 0 Å². The van der Waals surface area contributed by atoms with Gasteiger partial charge in [0.1, 0.15) is 5.75 Å². The largest absolute Gasteiger partial charge is 0.508 e. The maximum atomic E-state index is 11.2. The number of aromatic hydroxyl groups is 1. The third-order valence-electron chi connectivity index (χ3n) is 3.17. The molecule has 0 amide bonds. The van der Waals surface area contributed by atoms with E-state index in [0.717, 1.165) is 31.2 Å². The van der Waals surface area contributed by atoms with Crippen molar-refractivity contribution in [3.63, 3.8) is 0 Å².